The fourth-order valence-corrected chi connectivity index (χ4v) is 3.97. The quantitative estimate of drug-likeness (QED) is 0.832. The average molecular weight is 347 g/mol. The van der Waals surface area contributed by atoms with Gasteiger partial charge in [0.1, 0.15) is 12.1 Å². The maximum absolute atomic E-state index is 5.84. The normalized spacial score (nSPS) is 19.2. The second-order valence-corrected chi connectivity index (χ2v) is 7.67. The van der Waals surface area contributed by atoms with E-state index < -0.39 is 0 Å². The van der Waals surface area contributed by atoms with Crippen LogP contribution in [0.1, 0.15) is 16.1 Å². The first-order valence-corrected chi connectivity index (χ1v) is 9.31. The van der Waals surface area contributed by atoms with Crippen molar-refractivity contribution in [3.63, 3.8) is 0 Å². The smallest absolute Gasteiger partial charge is 0.131 e. The van der Waals surface area contributed by atoms with Gasteiger partial charge in [0, 0.05) is 56.3 Å². The molecule has 1 aliphatic heterocycles. The van der Waals surface area contributed by atoms with Gasteiger partial charge >= 0.3 is 0 Å². The van der Waals surface area contributed by atoms with Gasteiger partial charge < -0.3 is 9.64 Å². The van der Waals surface area contributed by atoms with Crippen LogP contribution in [0.25, 0.3) is 0 Å². The molecule has 0 spiro atoms. The Balaban J connectivity index is 1.64. The topological polar surface area (TPSA) is 41.5 Å². The number of aromatic nitrogens is 2. The SMILES string of the molecule is Cc1ccsc1CN1CCOCC(Cc2cc(N(C)C)ncn2)C1. The summed E-state index contributed by atoms with van der Waals surface area (Å²) in [4.78, 5) is 14.7. The van der Waals surface area contributed by atoms with Crippen LogP contribution in [0.15, 0.2) is 23.8 Å². The lowest BCUT2D eigenvalue weighted by atomic mass is 10.0. The van der Waals surface area contributed by atoms with Gasteiger partial charge in [-0.2, -0.15) is 0 Å². The summed E-state index contributed by atoms with van der Waals surface area (Å²) in [7, 11) is 4.01. The van der Waals surface area contributed by atoms with E-state index in [1.165, 1.54) is 10.4 Å². The third-order valence-corrected chi connectivity index (χ3v) is 5.43. The second kappa shape index (κ2) is 8.05. The number of nitrogens with zero attached hydrogens (tertiary/aromatic N) is 4. The molecule has 1 aliphatic rings. The standard InChI is InChI=1S/C18H26N4OS/c1-14-4-7-24-17(14)11-22-5-6-23-12-15(10-22)8-16-9-18(21(2)3)20-13-19-16/h4,7,9,13,15H,5-6,8,10-12H2,1-3H3. The molecular formula is C18H26N4OS. The summed E-state index contributed by atoms with van der Waals surface area (Å²) in [6.45, 7) is 6.89. The zero-order valence-corrected chi connectivity index (χ0v) is 15.6. The molecule has 1 saturated heterocycles. The monoisotopic (exact) mass is 346 g/mol. The highest BCUT2D eigenvalue weighted by Gasteiger charge is 2.20. The number of aryl methyl sites for hydroxylation is 1. The molecule has 2 aromatic heterocycles. The average Bonchev–Trinajstić information content (AvgIpc) is 2.83. The molecule has 24 heavy (non-hydrogen) atoms. The molecule has 2 aromatic rings. The van der Waals surface area contributed by atoms with E-state index in [9.17, 15) is 0 Å². The van der Waals surface area contributed by atoms with Crippen molar-refractivity contribution in [2.45, 2.75) is 19.9 Å². The van der Waals surface area contributed by atoms with Crippen LogP contribution in [-0.4, -0.2) is 55.3 Å². The Bertz CT molecular complexity index is 658. The minimum absolute atomic E-state index is 0.470. The van der Waals surface area contributed by atoms with Crippen molar-refractivity contribution < 1.29 is 4.74 Å². The zero-order chi connectivity index (χ0) is 16.9. The Hall–Kier alpha value is -1.50. The van der Waals surface area contributed by atoms with Crippen LogP contribution in [0.5, 0.6) is 0 Å². The first-order chi connectivity index (χ1) is 11.6. The number of anilines is 1. The summed E-state index contributed by atoms with van der Waals surface area (Å²) in [6.07, 6.45) is 2.60. The lowest BCUT2D eigenvalue weighted by Crippen LogP contribution is -2.30. The molecule has 5 nitrogen and oxygen atoms in total. The van der Waals surface area contributed by atoms with Crippen molar-refractivity contribution in [1.29, 1.82) is 0 Å². The van der Waals surface area contributed by atoms with Crippen molar-refractivity contribution in [1.82, 2.24) is 14.9 Å². The second-order valence-electron chi connectivity index (χ2n) is 6.67. The van der Waals surface area contributed by atoms with Gasteiger partial charge in [-0.25, -0.2) is 9.97 Å². The van der Waals surface area contributed by atoms with Crippen LogP contribution in [0.3, 0.4) is 0 Å². The first kappa shape index (κ1) is 17.3. The van der Waals surface area contributed by atoms with E-state index in [0.717, 1.165) is 50.8 Å². The predicted molar refractivity (Wildman–Crippen MR) is 98.7 cm³/mol. The van der Waals surface area contributed by atoms with Gasteiger partial charge in [-0.3, -0.25) is 4.90 Å². The van der Waals surface area contributed by atoms with Crippen molar-refractivity contribution in [2.24, 2.45) is 5.92 Å². The van der Waals surface area contributed by atoms with Crippen molar-refractivity contribution in [3.8, 4) is 0 Å². The number of thiophene rings is 1. The van der Waals surface area contributed by atoms with Gasteiger partial charge in [-0.1, -0.05) is 0 Å². The van der Waals surface area contributed by atoms with Crippen LogP contribution in [-0.2, 0) is 17.7 Å². The fraction of sp³-hybridized carbons (Fsp3) is 0.556. The number of hydrogen-bond donors (Lipinski definition) is 0. The lowest BCUT2D eigenvalue weighted by molar-refractivity contribution is 0.121. The Morgan fingerprint density at radius 3 is 3.00 bits per heavy atom. The van der Waals surface area contributed by atoms with E-state index in [1.54, 1.807) is 6.33 Å². The Labute approximate surface area is 148 Å². The van der Waals surface area contributed by atoms with Crippen molar-refractivity contribution in [3.05, 3.63) is 40.0 Å². The molecule has 0 amide bonds. The molecule has 0 aromatic carbocycles. The number of ether oxygens (including phenoxy) is 1. The summed E-state index contributed by atoms with van der Waals surface area (Å²) in [6, 6.07) is 4.29. The molecule has 0 aliphatic carbocycles. The van der Waals surface area contributed by atoms with Gasteiger partial charge in [-0.05, 0) is 30.4 Å². The summed E-state index contributed by atoms with van der Waals surface area (Å²) >= 11 is 1.85. The van der Waals surface area contributed by atoms with E-state index in [-0.39, 0.29) is 0 Å². The molecule has 0 saturated carbocycles. The van der Waals surface area contributed by atoms with E-state index in [1.807, 2.05) is 30.3 Å². The Morgan fingerprint density at radius 2 is 2.25 bits per heavy atom. The van der Waals surface area contributed by atoms with E-state index in [0.29, 0.717) is 5.92 Å². The summed E-state index contributed by atoms with van der Waals surface area (Å²) in [5.41, 5.74) is 2.49. The fourth-order valence-electron chi connectivity index (χ4n) is 3.03. The Morgan fingerprint density at radius 1 is 1.38 bits per heavy atom. The van der Waals surface area contributed by atoms with Gasteiger partial charge in [-0.15, -0.1) is 11.3 Å². The van der Waals surface area contributed by atoms with Gasteiger partial charge in [0.05, 0.1) is 13.2 Å². The highest BCUT2D eigenvalue weighted by Crippen LogP contribution is 2.21. The highest BCUT2D eigenvalue weighted by atomic mass is 32.1. The predicted octanol–water partition coefficient (Wildman–Crippen LogP) is 2.60. The maximum Gasteiger partial charge on any atom is 0.131 e. The first-order valence-electron chi connectivity index (χ1n) is 8.43. The molecule has 0 bridgehead atoms. The molecule has 6 heteroatoms. The zero-order valence-electron chi connectivity index (χ0n) is 14.7. The van der Waals surface area contributed by atoms with E-state index >= 15 is 0 Å². The third kappa shape index (κ3) is 4.53. The van der Waals surface area contributed by atoms with Crippen LogP contribution in [0, 0.1) is 12.8 Å². The largest absolute Gasteiger partial charge is 0.380 e. The lowest BCUT2D eigenvalue weighted by Gasteiger charge is -2.23. The maximum atomic E-state index is 5.84. The summed E-state index contributed by atoms with van der Waals surface area (Å²) in [5, 5.41) is 2.18. The summed E-state index contributed by atoms with van der Waals surface area (Å²) in [5.74, 6) is 1.43. The molecule has 1 fully saturated rings. The summed E-state index contributed by atoms with van der Waals surface area (Å²) < 4.78 is 5.84. The molecular weight excluding hydrogens is 320 g/mol. The van der Waals surface area contributed by atoms with Crippen LogP contribution >= 0.6 is 11.3 Å². The van der Waals surface area contributed by atoms with Crippen LogP contribution in [0.2, 0.25) is 0 Å². The minimum Gasteiger partial charge on any atom is -0.380 e. The van der Waals surface area contributed by atoms with E-state index in [4.69, 9.17) is 4.74 Å². The number of hydrogen-bond acceptors (Lipinski definition) is 6. The third-order valence-electron chi connectivity index (χ3n) is 4.42. The minimum atomic E-state index is 0.470. The van der Waals surface area contributed by atoms with E-state index in [2.05, 4.69) is 39.3 Å². The number of rotatable bonds is 5. The molecule has 3 heterocycles. The molecule has 0 radical (unpaired) electrons. The molecule has 3 rings (SSSR count). The molecule has 1 atom stereocenters. The van der Waals surface area contributed by atoms with Crippen molar-refractivity contribution >= 4 is 17.2 Å². The molecule has 1 unspecified atom stereocenters. The Kier molecular flexibility index (Phi) is 5.81. The molecule has 0 N–H and O–H groups in total. The van der Waals surface area contributed by atoms with Crippen LogP contribution in [0.4, 0.5) is 5.82 Å². The van der Waals surface area contributed by atoms with Gasteiger partial charge in [0.15, 0.2) is 0 Å². The molecule has 130 valence electrons. The van der Waals surface area contributed by atoms with Gasteiger partial charge in [0.2, 0.25) is 0 Å². The van der Waals surface area contributed by atoms with Gasteiger partial charge in [0.25, 0.3) is 0 Å². The van der Waals surface area contributed by atoms with Crippen LogP contribution < -0.4 is 4.90 Å². The van der Waals surface area contributed by atoms with Crippen molar-refractivity contribution in [2.75, 3.05) is 45.3 Å². The highest BCUT2D eigenvalue weighted by molar-refractivity contribution is 7.10.